The number of rotatable bonds is 4. The van der Waals surface area contributed by atoms with Crippen LogP contribution in [0.15, 0.2) is 91.0 Å². The fourth-order valence-corrected chi connectivity index (χ4v) is 5.33. The van der Waals surface area contributed by atoms with Crippen molar-refractivity contribution < 1.29 is 4.79 Å². The molecule has 0 aliphatic heterocycles. The van der Waals surface area contributed by atoms with E-state index in [0.29, 0.717) is 5.69 Å². The molecule has 3 aromatic carbocycles. The third-order valence-electron chi connectivity index (χ3n) is 3.64. The molecular weight excluding hydrogens is 408 g/mol. The molecule has 26 heavy (non-hydrogen) atoms. The monoisotopic (exact) mass is 421 g/mol. The van der Waals surface area contributed by atoms with Gasteiger partial charge in [0.25, 0.3) is 9.70 Å². The van der Waals surface area contributed by atoms with Crippen molar-refractivity contribution in [3.63, 3.8) is 0 Å². The minimum absolute atomic E-state index is 0.576. The Kier molecular flexibility index (Phi) is 6.21. The number of hydrogen-bond donors (Lipinski definition) is 0. The van der Waals surface area contributed by atoms with E-state index >= 15 is 0 Å². The molecule has 0 radical (unpaired) electrons. The first kappa shape index (κ1) is 19.2. The predicted octanol–water partition coefficient (Wildman–Crippen LogP) is 5.44. The Morgan fingerprint density at radius 3 is 1.46 bits per heavy atom. The number of halogens is 3. The van der Waals surface area contributed by atoms with Gasteiger partial charge in [0.2, 0.25) is 0 Å². The molecule has 0 saturated heterocycles. The van der Waals surface area contributed by atoms with Crippen LogP contribution >= 0.6 is 42.9 Å². The number of benzene rings is 3. The molecule has 132 valence electrons. The zero-order valence-corrected chi connectivity index (χ0v) is 16.8. The van der Waals surface area contributed by atoms with Crippen molar-refractivity contribution >= 4 is 65.1 Å². The van der Waals surface area contributed by atoms with Crippen LogP contribution in [-0.4, -0.2) is 9.70 Å². The van der Waals surface area contributed by atoms with Gasteiger partial charge in [0, 0.05) is 16.3 Å². The van der Waals surface area contributed by atoms with Gasteiger partial charge in [0.1, 0.15) is 0 Å². The van der Waals surface area contributed by atoms with Crippen LogP contribution in [0.25, 0.3) is 0 Å². The Labute approximate surface area is 169 Å². The second-order valence-corrected chi connectivity index (χ2v) is 9.77. The summed E-state index contributed by atoms with van der Waals surface area (Å²) < 4.78 is -0.451. The van der Waals surface area contributed by atoms with Crippen LogP contribution in [0.2, 0.25) is 0 Å². The molecule has 0 N–H and O–H groups in total. The molecule has 6 heteroatoms. The third kappa shape index (κ3) is 4.39. The zero-order valence-electron chi connectivity index (χ0n) is 13.6. The van der Waals surface area contributed by atoms with Crippen molar-refractivity contribution in [3.05, 3.63) is 91.0 Å². The largest absolute Gasteiger partial charge is 0.282 e. The molecule has 0 fully saturated rings. The zero-order chi connectivity index (χ0) is 18.6. The van der Waals surface area contributed by atoms with Crippen LogP contribution < -0.4 is 15.3 Å². The Hall–Kier alpha value is -1.57. The maximum absolute atomic E-state index is 13.1. The van der Waals surface area contributed by atoms with Gasteiger partial charge in [-0.3, -0.25) is 9.46 Å². The summed E-state index contributed by atoms with van der Waals surface area (Å²) in [5.74, 6) is -0.576. The molecule has 0 aliphatic carbocycles. The van der Waals surface area contributed by atoms with Crippen LogP contribution in [0.4, 0.5) is 5.69 Å². The number of anilines is 1. The van der Waals surface area contributed by atoms with Crippen molar-refractivity contribution in [2.75, 3.05) is 4.67 Å². The number of alkyl halides is 3. The lowest BCUT2D eigenvalue weighted by atomic mass is 10.3. The summed E-state index contributed by atoms with van der Waals surface area (Å²) in [6.45, 7) is 0. The minimum Gasteiger partial charge on any atom is -0.279 e. The van der Waals surface area contributed by atoms with Gasteiger partial charge in [0.15, 0.2) is 0 Å². The Morgan fingerprint density at radius 1 is 0.692 bits per heavy atom. The van der Waals surface area contributed by atoms with Crippen LogP contribution in [0.5, 0.6) is 0 Å². The van der Waals surface area contributed by atoms with Crippen LogP contribution in [0, 0.1) is 0 Å². The smallest absolute Gasteiger partial charge is 0.279 e. The number of hydrogen-bond acceptors (Lipinski definition) is 1. The van der Waals surface area contributed by atoms with Gasteiger partial charge in [-0.15, -0.1) is 0 Å². The van der Waals surface area contributed by atoms with Crippen LogP contribution in [0.3, 0.4) is 0 Å². The standard InChI is InChI=1S/C20H15Cl3NOP/c21-20(22,23)19(25)24(16-10-4-1-5-11-16)26(17-12-6-2-7-13-17)18-14-8-3-9-15-18/h1-15H. The highest BCUT2D eigenvalue weighted by Crippen LogP contribution is 2.45. The SMILES string of the molecule is O=C(N(c1ccccc1)P(c1ccccc1)c1ccccc1)C(Cl)(Cl)Cl. The average molecular weight is 423 g/mol. The molecule has 1 amide bonds. The van der Waals surface area contributed by atoms with Gasteiger partial charge in [-0.2, -0.15) is 0 Å². The average Bonchev–Trinajstić information content (AvgIpc) is 2.67. The van der Waals surface area contributed by atoms with Gasteiger partial charge in [-0.1, -0.05) is 114 Å². The number of carbonyl (C=O) groups is 1. The van der Waals surface area contributed by atoms with E-state index in [9.17, 15) is 4.79 Å². The molecule has 0 spiro atoms. The quantitative estimate of drug-likeness (QED) is 0.405. The lowest BCUT2D eigenvalue weighted by Crippen LogP contribution is -2.40. The van der Waals surface area contributed by atoms with Crippen molar-refractivity contribution in [2.24, 2.45) is 0 Å². The highest BCUT2D eigenvalue weighted by Gasteiger charge is 2.40. The molecule has 0 saturated carbocycles. The van der Waals surface area contributed by atoms with Gasteiger partial charge in [0.05, 0.1) is 8.07 Å². The first-order chi connectivity index (χ1) is 12.5. The van der Waals surface area contributed by atoms with E-state index in [1.165, 1.54) is 0 Å². The predicted molar refractivity (Wildman–Crippen MR) is 113 cm³/mol. The van der Waals surface area contributed by atoms with Crippen molar-refractivity contribution in [1.82, 2.24) is 0 Å². The van der Waals surface area contributed by atoms with E-state index in [1.807, 2.05) is 91.0 Å². The van der Waals surface area contributed by atoms with E-state index < -0.39 is 17.8 Å². The maximum atomic E-state index is 13.1. The molecule has 0 aliphatic rings. The fourth-order valence-electron chi connectivity index (χ4n) is 2.53. The Bertz CT molecular complexity index is 815. The molecular formula is C20H15Cl3NOP. The van der Waals surface area contributed by atoms with Gasteiger partial charge >= 0.3 is 0 Å². The molecule has 2 nitrogen and oxygen atoms in total. The summed E-state index contributed by atoms with van der Waals surface area (Å²) in [6.07, 6.45) is 0. The molecule has 0 unspecified atom stereocenters. The molecule has 3 aromatic rings. The van der Waals surface area contributed by atoms with Crippen LogP contribution in [0.1, 0.15) is 0 Å². The lowest BCUT2D eigenvalue weighted by molar-refractivity contribution is -0.116. The highest BCUT2D eigenvalue weighted by molar-refractivity contribution is 7.75. The number of carbonyl (C=O) groups excluding carboxylic acids is 1. The van der Waals surface area contributed by atoms with Gasteiger partial charge in [-0.25, -0.2) is 0 Å². The van der Waals surface area contributed by atoms with E-state index in [-0.39, 0.29) is 0 Å². The number of amides is 1. The summed E-state index contributed by atoms with van der Waals surface area (Å²) in [4.78, 5) is 13.1. The topological polar surface area (TPSA) is 20.3 Å². The Morgan fingerprint density at radius 2 is 1.08 bits per heavy atom. The third-order valence-corrected chi connectivity index (χ3v) is 6.51. The molecule has 0 aromatic heterocycles. The second-order valence-electron chi connectivity index (χ2n) is 5.43. The van der Waals surface area contributed by atoms with Gasteiger partial charge < -0.3 is 0 Å². The summed E-state index contributed by atoms with van der Waals surface area (Å²) in [5, 5.41) is 1.97. The summed E-state index contributed by atoms with van der Waals surface area (Å²) in [6, 6.07) is 28.9. The summed E-state index contributed by atoms with van der Waals surface area (Å²) in [5.41, 5.74) is 0.683. The lowest BCUT2D eigenvalue weighted by Gasteiger charge is -2.34. The minimum atomic E-state index is -2.06. The van der Waals surface area contributed by atoms with Crippen molar-refractivity contribution in [2.45, 2.75) is 3.79 Å². The summed E-state index contributed by atoms with van der Waals surface area (Å²) in [7, 11) is -1.26. The van der Waals surface area contributed by atoms with Crippen molar-refractivity contribution in [1.29, 1.82) is 0 Å². The second kappa shape index (κ2) is 8.41. The maximum Gasteiger partial charge on any atom is 0.282 e. The number of nitrogens with zero attached hydrogens (tertiary/aromatic N) is 1. The Balaban J connectivity index is 2.21. The van der Waals surface area contributed by atoms with Crippen molar-refractivity contribution in [3.8, 4) is 0 Å². The molecule has 0 heterocycles. The first-order valence-corrected chi connectivity index (χ1v) is 10.3. The molecule has 3 rings (SSSR count). The van der Waals surface area contributed by atoms with Crippen LogP contribution in [-0.2, 0) is 4.79 Å². The van der Waals surface area contributed by atoms with E-state index in [2.05, 4.69) is 0 Å². The highest BCUT2D eigenvalue weighted by atomic mass is 35.6. The van der Waals surface area contributed by atoms with E-state index in [1.54, 1.807) is 4.67 Å². The van der Waals surface area contributed by atoms with E-state index in [4.69, 9.17) is 34.8 Å². The van der Waals surface area contributed by atoms with Gasteiger partial charge in [-0.05, 0) is 12.1 Å². The normalized spacial score (nSPS) is 11.4. The van der Waals surface area contributed by atoms with E-state index in [0.717, 1.165) is 10.6 Å². The first-order valence-electron chi connectivity index (χ1n) is 7.85. The fraction of sp³-hybridized carbons (Fsp3) is 0.0500. The molecule has 0 atom stereocenters. The summed E-state index contributed by atoms with van der Waals surface area (Å²) >= 11 is 18.0. The molecule has 0 bridgehead atoms. The number of para-hydroxylation sites is 1.